The Kier molecular flexibility index (Phi) is 3.30. The number of benzene rings is 1. The maximum atomic E-state index is 5.94. The number of hydrogen-bond acceptors (Lipinski definition) is 2. The Balaban J connectivity index is 2.18. The molecule has 1 nitrogen and oxygen atoms in total. The van der Waals surface area contributed by atoms with Gasteiger partial charge in [-0.05, 0) is 29.7 Å². The van der Waals surface area contributed by atoms with Gasteiger partial charge in [0.1, 0.15) is 0 Å². The summed E-state index contributed by atoms with van der Waals surface area (Å²) in [4.78, 5) is 2.84. The highest BCUT2D eigenvalue weighted by molar-refractivity contribution is 7.12. The fourth-order valence-electron chi connectivity index (χ4n) is 1.68. The average molecular weight is 231 g/mol. The molecule has 0 amide bonds. The fraction of sp³-hybridized carbons (Fsp3) is 0.286. The van der Waals surface area contributed by atoms with Crippen LogP contribution in [0, 0.1) is 0 Å². The quantitative estimate of drug-likeness (QED) is 0.792. The number of thiophene rings is 1. The lowest BCUT2D eigenvalue weighted by Gasteiger charge is -2.03. The van der Waals surface area contributed by atoms with Crippen molar-refractivity contribution in [1.29, 1.82) is 0 Å². The van der Waals surface area contributed by atoms with Gasteiger partial charge in [-0.1, -0.05) is 32.0 Å². The molecule has 0 aliphatic rings. The second-order valence-corrected chi connectivity index (χ2v) is 5.53. The number of rotatable bonds is 3. The van der Waals surface area contributed by atoms with Crippen molar-refractivity contribution in [2.24, 2.45) is 0 Å². The summed E-state index contributed by atoms with van der Waals surface area (Å²) in [6.07, 6.45) is 0.948. The molecule has 2 heteroatoms. The van der Waals surface area contributed by atoms with Crippen LogP contribution in [-0.4, -0.2) is 0 Å². The van der Waals surface area contributed by atoms with E-state index in [1.165, 1.54) is 15.3 Å². The van der Waals surface area contributed by atoms with Crippen LogP contribution in [0.4, 0.5) is 5.69 Å². The van der Waals surface area contributed by atoms with Gasteiger partial charge in [0.05, 0.1) is 0 Å². The molecule has 2 aromatic rings. The van der Waals surface area contributed by atoms with Crippen LogP contribution < -0.4 is 5.73 Å². The monoisotopic (exact) mass is 231 g/mol. The number of anilines is 1. The van der Waals surface area contributed by atoms with Gasteiger partial charge >= 0.3 is 0 Å². The first-order chi connectivity index (χ1) is 7.66. The molecule has 0 fully saturated rings. The molecule has 0 aliphatic heterocycles. The maximum absolute atomic E-state index is 5.94. The molecular formula is C14H17NS. The third kappa shape index (κ3) is 2.45. The van der Waals surface area contributed by atoms with E-state index >= 15 is 0 Å². The highest BCUT2D eigenvalue weighted by Crippen LogP contribution is 2.27. The van der Waals surface area contributed by atoms with Gasteiger partial charge in [0.25, 0.3) is 0 Å². The molecule has 2 rings (SSSR count). The smallest absolute Gasteiger partial charge is 0.0350 e. The number of nitrogens with two attached hydrogens (primary N) is 1. The van der Waals surface area contributed by atoms with Gasteiger partial charge in [-0.25, -0.2) is 0 Å². The molecule has 0 saturated carbocycles. The molecule has 0 unspecified atom stereocenters. The van der Waals surface area contributed by atoms with E-state index in [0.29, 0.717) is 5.92 Å². The van der Waals surface area contributed by atoms with E-state index in [2.05, 4.69) is 32.0 Å². The number of para-hydroxylation sites is 1. The first-order valence-corrected chi connectivity index (χ1v) is 6.40. The lowest BCUT2D eigenvalue weighted by molar-refractivity contribution is 0.890. The van der Waals surface area contributed by atoms with Crippen molar-refractivity contribution in [1.82, 2.24) is 0 Å². The van der Waals surface area contributed by atoms with Gasteiger partial charge in [-0.15, -0.1) is 11.3 Å². The minimum absolute atomic E-state index is 0.617. The third-order valence-electron chi connectivity index (χ3n) is 2.67. The van der Waals surface area contributed by atoms with Gasteiger partial charge in [-0.2, -0.15) is 0 Å². The van der Waals surface area contributed by atoms with E-state index in [4.69, 9.17) is 5.73 Å². The Morgan fingerprint density at radius 1 is 1.12 bits per heavy atom. The van der Waals surface area contributed by atoms with Crippen LogP contribution in [-0.2, 0) is 6.42 Å². The first-order valence-electron chi connectivity index (χ1n) is 5.59. The van der Waals surface area contributed by atoms with E-state index in [1.54, 1.807) is 0 Å². The lowest BCUT2D eigenvalue weighted by Crippen LogP contribution is -1.93. The Labute approximate surface area is 101 Å². The van der Waals surface area contributed by atoms with Crippen molar-refractivity contribution >= 4 is 17.0 Å². The van der Waals surface area contributed by atoms with E-state index in [9.17, 15) is 0 Å². The van der Waals surface area contributed by atoms with Gasteiger partial charge in [-0.3, -0.25) is 0 Å². The molecule has 2 N–H and O–H groups in total. The van der Waals surface area contributed by atoms with Gasteiger partial charge in [0.2, 0.25) is 0 Å². The Morgan fingerprint density at radius 2 is 1.88 bits per heavy atom. The highest BCUT2D eigenvalue weighted by Gasteiger charge is 2.05. The third-order valence-corrected chi connectivity index (χ3v) is 4.06. The van der Waals surface area contributed by atoms with E-state index in [0.717, 1.165) is 12.1 Å². The molecule has 16 heavy (non-hydrogen) atoms. The molecule has 0 radical (unpaired) electrons. The molecule has 0 bridgehead atoms. The summed E-state index contributed by atoms with van der Waals surface area (Å²) in [6.45, 7) is 4.46. The van der Waals surface area contributed by atoms with Crippen LogP contribution >= 0.6 is 11.3 Å². The largest absolute Gasteiger partial charge is 0.398 e. The van der Waals surface area contributed by atoms with Gasteiger partial charge in [0.15, 0.2) is 0 Å². The van der Waals surface area contributed by atoms with Crippen molar-refractivity contribution < 1.29 is 0 Å². The van der Waals surface area contributed by atoms with Crippen LogP contribution in [0.3, 0.4) is 0 Å². The molecule has 1 aromatic carbocycles. The summed E-state index contributed by atoms with van der Waals surface area (Å²) in [5.74, 6) is 0.617. The van der Waals surface area contributed by atoms with E-state index < -0.39 is 0 Å². The van der Waals surface area contributed by atoms with E-state index in [1.807, 2.05) is 29.5 Å². The summed E-state index contributed by atoms with van der Waals surface area (Å²) < 4.78 is 0. The van der Waals surface area contributed by atoms with Crippen molar-refractivity contribution in [2.75, 3.05) is 5.73 Å². The van der Waals surface area contributed by atoms with Crippen molar-refractivity contribution in [3.8, 4) is 0 Å². The van der Waals surface area contributed by atoms with Gasteiger partial charge < -0.3 is 5.73 Å². The summed E-state index contributed by atoms with van der Waals surface area (Å²) >= 11 is 1.89. The van der Waals surface area contributed by atoms with Crippen molar-refractivity contribution in [2.45, 2.75) is 26.2 Å². The second kappa shape index (κ2) is 4.71. The maximum Gasteiger partial charge on any atom is 0.0350 e. The highest BCUT2D eigenvalue weighted by atomic mass is 32.1. The Hall–Kier alpha value is -1.28. The summed E-state index contributed by atoms with van der Waals surface area (Å²) in [5, 5.41) is 0. The van der Waals surface area contributed by atoms with Crippen LogP contribution in [0.5, 0.6) is 0 Å². The molecule has 84 valence electrons. The van der Waals surface area contributed by atoms with Crippen molar-refractivity contribution in [3.63, 3.8) is 0 Å². The zero-order valence-corrected chi connectivity index (χ0v) is 10.6. The van der Waals surface area contributed by atoms with Gasteiger partial charge in [0, 0.05) is 21.9 Å². The standard InChI is InChI=1S/C14H17NS/c1-10(2)14-8-7-12(16-14)9-11-5-3-4-6-13(11)15/h3-8,10H,9,15H2,1-2H3. The summed E-state index contributed by atoms with van der Waals surface area (Å²) in [6, 6.07) is 12.5. The molecule has 0 spiro atoms. The average Bonchev–Trinajstić information content (AvgIpc) is 2.70. The minimum atomic E-state index is 0.617. The van der Waals surface area contributed by atoms with Crippen LogP contribution in [0.1, 0.15) is 35.1 Å². The SMILES string of the molecule is CC(C)c1ccc(Cc2ccccc2N)s1. The number of hydrogen-bond donors (Lipinski definition) is 1. The molecular weight excluding hydrogens is 214 g/mol. The summed E-state index contributed by atoms with van der Waals surface area (Å²) in [7, 11) is 0. The zero-order chi connectivity index (χ0) is 11.5. The Bertz CT molecular complexity index is 471. The topological polar surface area (TPSA) is 26.0 Å². The first kappa shape index (κ1) is 11.2. The normalized spacial score (nSPS) is 10.9. The zero-order valence-electron chi connectivity index (χ0n) is 9.73. The predicted octanol–water partition coefficient (Wildman–Crippen LogP) is 4.04. The predicted molar refractivity (Wildman–Crippen MR) is 72.1 cm³/mol. The van der Waals surface area contributed by atoms with E-state index in [-0.39, 0.29) is 0 Å². The summed E-state index contributed by atoms with van der Waals surface area (Å²) in [5.41, 5.74) is 8.05. The molecule has 0 saturated heterocycles. The Morgan fingerprint density at radius 3 is 2.50 bits per heavy atom. The van der Waals surface area contributed by atoms with Crippen molar-refractivity contribution in [3.05, 3.63) is 51.7 Å². The molecule has 1 aromatic heterocycles. The second-order valence-electron chi connectivity index (χ2n) is 4.33. The number of nitrogen functional groups attached to an aromatic ring is 1. The van der Waals surface area contributed by atoms with Crippen LogP contribution in [0.2, 0.25) is 0 Å². The molecule has 0 atom stereocenters. The van der Waals surface area contributed by atoms with Crippen LogP contribution in [0.25, 0.3) is 0 Å². The minimum Gasteiger partial charge on any atom is -0.398 e. The molecule has 1 heterocycles. The molecule has 0 aliphatic carbocycles. The lowest BCUT2D eigenvalue weighted by atomic mass is 10.1. The fourth-order valence-corrected chi connectivity index (χ4v) is 2.72. The van der Waals surface area contributed by atoms with Crippen LogP contribution in [0.15, 0.2) is 36.4 Å².